The summed E-state index contributed by atoms with van der Waals surface area (Å²) in [5.74, 6) is -0.0686. The third-order valence-electron chi connectivity index (χ3n) is 4.46. The minimum absolute atomic E-state index is 0.0773. The molecule has 0 aliphatic rings. The maximum Gasteiger partial charge on any atom is 0.242 e. The quantitative estimate of drug-likeness (QED) is 0.760. The van der Waals surface area contributed by atoms with E-state index < -0.39 is 22.0 Å². The van der Waals surface area contributed by atoms with Gasteiger partial charge in [-0.1, -0.05) is 26.0 Å². The van der Waals surface area contributed by atoms with Gasteiger partial charge in [-0.15, -0.1) is 0 Å². The summed E-state index contributed by atoms with van der Waals surface area (Å²) in [7, 11) is -2.34. The number of hydrogen-bond donors (Lipinski definition) is 2. The number of ether oxygens (including phenoxy) is 1. The van der Waals surface area contributed by atoms with Gasteiger partial charge in [0.25, 0.3) is 0 Å². The lowest BCUT2D eigenvalue weighted by atomic mass is 10.0. The Morgan fingerprint density at radius 2 is 1.67 bits per heavy atom. The van der Waals surface area contributed by atoms with E-state index in [1.165, 1.54) is 19.2 Å². The van der Waals surface area contributed by atoms with Crippen LogP contribution in [0.5, 0.6) is 5.75 Å². The molecule has 2 rings (SSSR count). The fraction of sp³-hybridized carbons (Fsp3) is 0.350. The number of sulfonamides is 1. The summed E-state index contributed by atoms with van der Waals surface area (Å²) in [5.41, 5.74) is 2.67. The molecule has 0 heterocycles. The molecule has 0 radical (unpaired) electrons. The number of methoxy groups -OCH3 is 1. The summed E-state index contributed by atoms with van der Waals surface area (Å²) in [6.45, 7) is 7.46. The molecule has 0 unspecified atom stereocenters. The van der Waals surface area contributed by atoms with Crippen molar-refractivity contribution in [3.8, 4) is 5.75 Å². The predicted octanol–water partition coefficient (Wildman–Crippen LogP) is 3.25. The number of anilines is 1. The van der Waals surface area contributed by atoms with Crippen LogP contribution in [0.3, 0.4) is 0 Å². The smallest absolute Gasteiger partial charge is 0.242 e. The highest BCUT2D eigenvalue weighted by atomic mass is 32.2. The van der Waals surface area contributed by atoms with E-state index in [2.05, 4.69) is 10.0 Å². The van der Waals surface area contributed by atoms with Crippen LogP contribution in [0.1, 0.15) is 25.0 Å². The third-order valence-corrected chi connectivity index (χ3v) is 5.92. The first-order valence-corrected chi connectivity index (χ1v) is 10.2. The van der Waals surface area contributed by atoms with Gasteiger partial charge in [0.1, 0.15) is 11.8 Å². The molecule has 6 nitrogen and oxygen atoms in total. The molecule has 0 saturated heterocycles. The fourth-order valence-corrected chi connectivity index (χ4v) is 3.92. The van der Waals surface area contributed by atoms with E-state index in [1.807, 2.05) is 26.0 Å². The summed E-state index contributed by atoms with van der Waals surface area (Å²) >= 11 is 0. The first-order valence-electron chi connectivity index (χ1n) is 8.69. The average molecular weight is 391 g/mol. The van der Waals surface area contributed by atoms with Crippen molar-refractivity contribution in [1.29, 1.82) is 0 Å². The van der Waals surface area contributed by atoms with Crippen LogP contribution < -0.4 is 14.8 Å². The summed E-state index contributed by atoms with van der Waals surface area (Å²) in [5, 5.41) is 2.84. The maximum absolute atomic E-state index is 12.8. The van der Waals surface area contributed by atoms with E-state index in [4.69, 9.17) is 4.74 Å². The highest BCUT2D eigenvalue weighted by Crippen LogP contribution is 2.20. The second-order valence-corrected chi connectivity index (χ2v) is 8.47. The Kier molecular flexibility index (Phi) is 6.62. The Hall–Kier alpha value is -2.38. The molecule has 0 aliphatic carbocycles. The Morgan fingerprint density at radius 1 is 1.04 bits per heavy atom. The zero-order chi connectivity index (χ0) is 20.2. The van der Waals surface area contributed by atoms with Crippen LogP contribution in [0.25, 0.3) is 0 Å². The molecule has 2 aromatic carbocycles. The lowest BCUT2D eigenvalue weighted by Crippen LogP contribution is -2.47. The zero-order valence-electron chi connectivity index (χ0n) is 16.2. The van der Waals surface area contributed by atoms with Gasteiger partial charge in [-0.25, -0.2) is 8.42 Å². The lowest BCUT2D eigenvalue weighted by Gasteiger charge is -2.22. The Balaban J connectivity index is 2.23. The summed E-state index contributed by atoms with van der Waals surface area (Å²) < 4.78 is 33.0. The Bertz CT molecular complexity index is 906. The van der Waals surface area contributed by atoms with Crippen LogP contribution in [0, 0.1) is 19.8 Å². The monoisotopic (exact) mass is 390 g/mol. The van der Waals surface area contributed by atoms with Gasteiger partial charge in [0.05, 0.1) is 12.0 Å². The van der Waals surface area contributed by atoms with Crippen molar-refractivity contribution in [2.24, 2.45) is 5.92 Å². The van der Waals surface area contributed by atoms with Crippen LogP contribution in [0.4, 0.5) is 5.69 Å². The summed E-state index contributed by atoms with van der Waals surface area (Å²) in [4.78, 5) is 12.8. The van der Waals surface area contributed by atoms with Gasteiger partial charge >= 0.3 is 0 Å². The molecule has 0 saturated carbocycles. The van der Waals surface area contributed by atoms with Gasteiger partial charge in [0.15, 0.2) is 0 Å². The van der Waals surface area contributed by atoms with E-state index in [0.29, 0.717) is 11.4 Å². The van der Waals surface area contributed by atoms with E-state index in [9.17, 15) is 13.2 Å². The van der Waals surface area contributed by atoms with Gasteiger partial charge in [-0.3, -0.25) is 4.79 Å². The Morgan fingerprint density at radius 3 is 2.22 bits per heavy atom. The molecule has 0 aromatic heterocycles. The lowest BCUT2D eigenvalue weighted by molar-refractivity contribution is -0.118. The van der Waals surface area contributed by atoms with Crippen molar-refractivity contribution in [3.63, 3.8) is 0 Å². The minimum atomic E-state index is -3.85. The Labute approximate surface area is 161 Å². The highest BCUT2D eigenvalue weighted by molar-refractivity contribution is 7.89. The number of aryl methyl sites for hydroxylation is 1. The molecule has 1 amide bonds. The number of hydrogen-bond acceptors (Lipinski definition) is 4. The average Bonchev–Trinajstić information content (AvgIpc) is 2.63. The second kappa shape index (κ2) is 8.54. The molecule has 27 heavy (non-hydrogen) atoms. The van der Waals surface area contributed by atoms with Crippen LogP contribution in [-0.2, 0) is 14.8 Å². The number of nitrogens with one attached hydrogen (secondary N) is 2. The SMILES string of the molecule is COc1ccc(S(=O)(=O)N[C@H](C(=O)Nc2cccc(C)c2C)C(C)C)cc1. The van der Waals surface area contributed by atoms with Gasteiger partial charge in [0, 0.05) is 5.69 Å². The van der Waals surface area contributed by atoms with Crippen molar-refractivity contribution in [1.82, 2.24) is 4.72 Å². The van der Waals surface area contributed by atoms with Crippen molar-refractivity contribution in [3.05, 3.63) is 53.6 Å². The zero-order valence-corrected chi connectivity index (χ0v) is 17.1. The van der Waals surface area contributed by atoms with E-state index >= 15 is 0 Å². The van der Waals surface area contributed by atoms with E-state index in [-0.39, 0.29) is 10.8 Å². The molecule has 146 valence electrons. The van der Waals surface area contributed by atoms with Crippen LogP contribution in [0.15, 0.2) is 47.4 Å². The molecular formula is C20H26N2O4S. The molecule has 0 fully saturated rings. The predicted molar refractivity (Wildman–Crippen MR) is 106 cm³/mol. The van der Waals surface area contributed by atoms with Crippen LogP contribution >= 0.6 is 0 Å². The summed E-state index contributed by atoms with van der Waals surface area (Å²) in [6, 6.07) is 10.7. The van der Waals surface area contributed by atoms with Gasteiger partial charge in [-0.2, -0.15) is 4.72 Å². The molecule has 2 N–H and O–H groups in total. The molecule has 0 spiro atoms. The van der Waals surface area contributed by atoms with Crippen LogP contribution in [-0.4, -0.2) is 27.5 Å². The number of rotatable bonds is 7. The summed E-state index contributed by atoms with van der Waals surface area (Å²) in [6.07, 6.45) is 0. The largest absolute Gasteiger partial charge is 0.497 e. The van der Waals surface area contributed by atoms with Crippen molar-refractivity contribution in [2.75, 3.05) is 12.4 Å². The minimum Gasteiger partial charge on any atom is -0.497 e. The van der Waals surface area contributed by atoms with Crippen molar-refractivity contribution in [2.45, 2.75) is 38.6 Å². The molecule has 7 heteroatoms. The molecule has 0 aliphatic heterocycles. The number of benzene rings is 2. The number of amides is 1. The molecule has 2 aromatic rings. The number of carbonyl (C=O) groups is 1. The van der Waals surface area contributed by atoms with Crippen molar-refractivity contribution < 1.29 is 17.9 Å². The first kappa shape index (κ1) is 20.9. The molecule has 1 atom stereocenters. The molecule has 0 bridgehead atoms. The third kappa shape index (κ3) is 5.08. The van der Waals surface area contributed by atoms with E-state index in [1.54, 1.807) is 32.0 Å². The topological polar surface area (TPSA) is 84.5 Å². The highest BCUT2D eigenvalue weighted by Gasteiger charge is 2.28. The van der Waals surface area contributed by atoms with Gasteiger partial charge in [-0.05, 0) is 61.2 Å². The fourth-order valence-electron chi connectivity index (χ4n) is 2.58. The second-order valence-electron chi connectivity index (χ2n) is 6.76. The first-order chi connectivity index (χ1) is 12.7. The maximum atomic E-state index is 12.8. The van der Waals surface area contributed by atoms with E-state index in [0.717, 1.165) is 11.1 Å². The molecular weight excluding hydrogens is 364 g/mol. The van der Waals surface area contributed by atoms with Crippen LogP contribution in [0.2, 0.25) is 0 Å². The van der Waals surface area contributed by atoms with Gasteiger partial charge in [0.2, 0.25) is 15.9 Å². The van der Waals surface area contributed by atoms with Gasteiger partial charge < -0.3 is 10.1 Å². The standard InChI is InChI=1S/C20H26N2O4S/c1-13(2)19(20(23)21-18-8-6-7-14(3)15(18)4)22-27(24,25)17-11-9-16(26-5)10-12-17/h6-13,19,22H,1-5H3,(H,21,23)/t19-/m0/s1. The van der Waals surface area contributed by atoms with Crippen molar-refractivity contribution >= 4 is 21.6 Å². The number of carbonyl (C=O) groups excluding carboxylic acids is 1. The normalized spacial score (nSPS) is 12.7.